The van der Waals surface area contributed by atoms with Crippen LogP contribution >= 0.6 is 0 Å². The summed E-state index contributed by atoms with van der Waals surface area (Å²) in [4.78, 5) is 0. The van der Waals surface area contributed by atoms with Crippen LogP contribution in [0.25, 0.3) is 5.69 Å². The number of rotatable bonds is 5. The predicted molar refractivity (Wildman–Crippen MR) is 79.6 cm³/mol. The van der Waals surface area contributed by atoms with Crippen LogP contribution in [0.2, 0.25) is 0 Å². The fourth-order valence-corrected chi connectivity index (χ4v) is 2.08. The minimum Gasteiger partial charge on any atom is -0.312 e. The largest absolute Gasteiger partial charge is 0.312 e. The number of aryl methyl sites for hydroxylation is 2. The Morgan fingerprint density at radius 2 is 2.00 bits per heavy atom. The molecule has 1 heterocycles. The molecule has 0 saturated heterocycles. The first-order valence-electron chi connectivity index (χ1n) is 6.89. The van der Waals surface area contributed by atoms with Crippen molar-refractivity contribution in [2.45, 2.75) is 34.2 Å². The molecule has 19 heavy (non-hydrogen) atoms. The zero-order valence-corrected chi connectivity index (χ0v) is 12.3. The Bertz CT molecular complexity index is 541. The van der Waals surface area contributed by atoms with Gasteiger partial charge in [-0.25, -0.2) is 4.68 Å². The van der Waals surface area contributed by atoms with E-state index in [1.807, 2.05) is 23.9 Å². The van der Waals surface area contributed by atoms with Gasteiger partial charge in [0.05, 0.1) is 11.4 Å². The van der Waals surface area contributed by atoms with Crippen LogP contribution in [0.3, 0.4) is 0 Å². The average Bonchev–Trinajstić information content (AvgIpc) is 2.77. The van der Waals surface area contributed by atoms with Crippen LogP contribution in [-0.2, 0) is 6.54 Å². The van der Waals surface area contributed by atoms with E-state index in [-0.39, 0.29) is 0 Å². The van der Waals surface area contributed by atoms with E-state index in [1.54, 1.807) is 0 Å². The highest BCUT2D eigenvalue weighted by Gasteiger charge is 2.03. The standard InChI is InChI=1S/C16H23N3/c1-12(2)10-17-11-15-5-6-16(9-13(15)3)19-8-7-14(4)18-19/h5-9,12,17H,10-11H2,1-4H3. The molecule has 2 aromatic rings. The van der Waals surface area contributed by atoms with Crippen LogP contribution in [0.5, 0.6) is 0 Å². The number of aromatic nitrogens is 2. The zero-order valence-electron chi connectivity index (χ0n) is 12.3. The molecule has 102 valence electrons. The summed E-state index contributed by atoms with van der Waals surface area (Å²) in [5.74, 6) is 0.687. The lowest BCUT2D eigenvalue weighted by Crippen LogP contribution is -2.19. The van der Waals surface area contributed by atoms with Gasteiger partial charge in [0.25, 0.3) is 0 Å². The van der Waals surface area contributed by atoms with Gasteiger partial charge in [0.2, 0.25) is 0 Å². The number of benzene rings is 1. The summed E-state index contributed by atoms with van der Waals surface area (Å²) < 4.78 is 1.92. The Morgan fingerprint density at radius 1 is 1.21 bits per heavy atom. The lowest BCUT2D eigenvalue weighted by atomic mass is 10.1. The third kappa shape index (κ3) is 3.67. The van der Waals surface area contributed by atoms with Gasteiger partial charge in [0.1, 0.15) is 0 Å². The van der Waals surface area contributed by atoms with Crippen LogP contribution in [0.15, 0.2) is 30.5 Å². The summed E-state index contributed by atoms with van der Waals surface area (Å²) in [5, 5.41) is 7.92. The fourth-order valence-electron chi connectivity index (χ4n) is 2.08. The van der Waals surface area contributed by atoms with Crippen molar-refractivity contribution < 1.29 is 0 Å². The van der Waals surface area contributed by atoms with Gasteiger partial charge in [0.15, 0.2) is 0 Å². The van der Waals surface area contributed by atoms with Crippen LogP contribution < -0.4 is 5.32 Å². The van der Waals surface area contributed by atoms with E-state index in [0.717, 1.165) is 24.5 Å². The maximum absolute atomic E-state index is 4.44. The molecular weight excluding hydrogens is 234 g/mol. The van der Waals surface area contributed by atoms with Crippen molar-refractivity contribution in [1.29, 1.82) is 0 Å². The molecule has 0 aliphatic carbocycles. The Hall–Kier alpha value is -1.61. The second-order valence-corrected chi connectivity index (χ2v) is 5.54. The Balaban J connectivity index is 2.09. The molecule has 0 saturated carbocycles. The zero-order chi connectivity index (χ0) is 13.8. The maximum Gasteiger partial charge on any atom is 0.0648 e. The van der Waals surface area contributed by atoms with E-state index in [2.05, 4.69) is 49.4 Å². The van der Waals surface area contributed by atoms with E-state index in [0.29, 0.717) is 5.92 Å². The van der Waals surface area contributed by atoms with Gasteiger partial charge in [-0.05, 0) is 55.6 Å². The monoisotopic (exact) mass is 257 g/mol. The summed E-state index contributed by atoms with van der Waals surface area (Å²) in [6.07, 6.45) is 2.00. The molecule has 3 nitrogen and oxygen atoms in total. The minimum absolute atomic E-state index is 0.687. The van der Waals surface area contributed by atoms with E-state index in [1.165, 1.54) is 11.1 Å². The van der Waals surface area contributed by atoms with Crippen molar-refractivity contribution in [3.8, 4) is 5.69 Å². The minimum atomic E-state index is 0.687. The van der Waals surface area contributed by atoms with Crippen molar-refractivity contribution >= 4 is 0 Å². The van der Waals surface area contributed by atoms with Gasteiger partial charge in [0, 0.05) is 12.7 Å². The van der Waals surface area contributed by atoms with Crippen LogP contribution in [-0.4, -0.2) is 16.3 Å². The number of nitrogens with one attached hydrogen (secondary N) is 1. The molecule has 0 unspecified atom stereocenters. The topological polar surface area (TPSA) is 29.9 Å². The molecule has 2 rings (SSSR count). The van der Waals surface area contributed by atoms with Crippen molar-refractivity contribution in [2.75, 3.05) is 6.54 Å². The molecule has 0 amide bonds. The quantitative estimate of drug-likeness (QED) is 0.891. The fraction of sp³-hybridized carbons (Fsp3) is 0.438. The molecule has 0 aliphatic rings. The van der Waals surface area contributed by atoms with Crippen molar-refractivity contribution in [3.63, 3.8) is 0 Å². The van der Waals surface area contributed by atoms with Gasteiger partial charge in [-0.2, -0.15) is 5.10 Å². The van der Waals surface area contributed by atoms with Crippen LogP contribution in [0.4, 0.5) is 0 Å². The summed E-state index contributed by atoms with van der Waals surface area (Å²) in [6, 6.07) is 8.53. The average molecular weight is 257 g/mol. The van der Waals surface area contributed by atoms with E-state index < -0.39 is 0 Å². The second kappa shape index (κ2) is 6.02. The molecule has 0 radical (unpaired) electrons. The van der Waals surface area contributed by atoms with Gasteiger partial charge in [-0.3, -0.25) is 0 Å². The Kier molecular flexibility index (Phi) is 4.38. The molecule has 0 fully saturated rings. The smallest absolute Gasteiger partial charge is 0.0648 e. The maximum atomic E-state index is 4.44. The Labute approximate surface area is 115 Å². The molecule has 1 N–H and O–H groups in total. The van der Waals surface area contributed by atoms with E-state index in [4.69, 9.17) is 0 Å². The second-order valence-electron chi connectivity index (χ2n) is 5.54. The number of hydrogen-bond donors (Lipinski definition) is 1. The van der Waals surface area contributed by atoms with Crippen LogP contribution in [0.1, 0.15) is 30.7 Å². The van der Waals surface area contributed by atoms with E-state index >= 15 is 0 Å². The normalized spacial score (nSPS) is 11.2. The van der Waals surface area contributed by atoms with E-state index in [9.17, 15) is 0 Å². The first-order valence-corrected chi connectivity index (χ1v) is 6.89. The van der Waals surface area contributed by atoms with Crippen molar-refractivity contribution in [2.24, 2.45) is 5.92 Å². The summed E-state index contributed by atoms with van der Waals surface area (Å²) in [6.45, 7) is 10.6. The number of hydrogen-bond acceptors (Lipinski definition) is 2. The Morgan fingerprint density at radius 3 is 2.58 bits per heavy atom. The highest BCUT2D eigenvalue weighted by Crippen LogP contribution is 2.14. The SMILES string of the molecule is Cc1ccn(-c2ccc(CNCC(C)C)c(C)c2)n1. The molecule has 0 bridgehead atoms. The molecule has 1 aromatic carbocycles. The molecule has 0 atom stereocenters. The molecule has 0 spiro atoms. The summed E-state index contributed by atoms with van der Waals surface area (Å²) in [5.41, 5.74) is 4.83. The highest BCUT2D eigenvalue weighted by atomic mass is 15.3. The van der Waals surface area contributed by atoms with Crippen molar-refractivity contribution in [1.82, 2.24) is 15.1 Å². The molecular formula is C16H23N3. The van der Waals surface area contributed by atoms with Gasteiger partial charge >= 0.3 is 0 Å². The third-order valence-corrected chi connectivity index (χ3v) is 3.18. The lowest BCUT2D eigenvalue weighted by molar-refractivity contribution is 0.551. The lowest BCUT2D eigenvalue weighted by Gasteiger charge is -2.11. The third-order valence-electron chi connectivity index (χ3n) is 3.18. The van der Waals surface area contributed by atoms with Gasteiger partial charge in [-0.1, -0.05) is 19.9 Å². The molecule has 0 aliphatic heterocycles. The van der Waals surface area contributed by atoms with Crippen molar-refractivity contribution in [3.05, 3.63) is 47.3 Å². The first kappa shape index (κ1) is 13.8. The molecule has 3 heteroatoms. The summed E-state index contributed by atoms with van der Waals surface area (Å²) >= 11 is 0. The van der Waals surface area contributed by atoms with Crippen LogP contribution in [0, 0.1) is 19.8 Å². The van der Waals surface area contributed by atoms with Gasteiger partial charge < -0.3 is 5.32 Å². The first-order chi connectivity index (χ1) is 9.06. The summed E-state index contributed by atoms with van der Waals surface area (Å²) in [7, 11) is 0. The molecule has 1 aromatic heterocycles. The van der Waals surface area contributed by atoms with Gasteiger partial charge in [-0.15, -0.1) is 0 Å². The number of nitrogens with zero attached hydrogens (tertiary/aromatic N) is 2. The predicted octanol–water partition coefficient (Wildman–Crippen LogP) is 3.23. The highest BCUT2D eigenvalue weighted by molar-refractivity contribution is 5.39.